The Morgan fingerprint density at radius 3 is 1.84 bits per heavy atom. The van der Waals surface area contributed by atoms with Crippen LogP contribution in [0.2, 0.25) is 10.0 Å². The van der Waals surface area contributed by atoms with E-state index in [4.69, 9.17) is 23.2 Å². The average Bonchev–Trinajstić information content (AvgIpc) is 2.25. The highest BCUT2D eigenvalue weighted by Crippen LogP contribution is 2.34. The first-order valence-electron chi connectivity index (χ1n) is 5.10. The molecule has 0 N–H and O–H groups in total. The standard InChI is InChI=1S/C13H6Cl2F4/c14-9-3-8(4-10(15)6-9)7-1-2-11(12(16)5-7)13(17,18)19/h1-6H. The summed E-state index contributed by atoms with van der Waals surface area (Å²) in [4.78, 5) is 0. The Hall–Kier alpha value is -1.26. The highest BCUT2D eigenvalue weighted by molar-refractivity contribution is 6.35. The maximum Gasteiger partial charge on any atom is 0.419 e. The van der Waals surface area contributed by atoms with Crippen LogP contribution >= 0.6 is 23.2 Å². The van der Waals surface area contributed by atoms with Gasteiger partial charge in [-0.2, -0.15) is 13.2 Å². The fourth-order valence-corrected chi connectivity index (χ4v) is 2.17. The first-order valence-corrected chi connectivity index (χ1v) is 5.86. The van der Waals surface area contributed by atoms with Crippen LogP contribution in [0.15, 0.2) is 36.4 Å². The minimum absolute atomic E-state index is 0.273. The van der Waals surface area contributed by atoms with Crippen molar-refractivity contribution in [3.63, 3.8) is 0 Å². The summed E-state index contributed by atoms with van der Waals surface area (Å²) in [6, 6.07) is 7.15. The zero-order valence-corrected chi connectivity index (χ0v) is 10.7. The van der Waals surface area contributed by atoms with Crippen molar-refractivity contribution in [2.45, 2.75) is 6.18 Å². The molecule has 0 unspecified atom stereocenters. The van der Waals surface area contributed by atoms with Gasteiger partial charge in [0.15, 0.2) is 0 Å². The van der Waals surface area contributed by atoms with E-state index in [1.165, 1.54) is 24.3 Å². The van der Waals surface area contributed by atoms with E-state index < -0.39 is 17.6 Å². The second kappa shape index (κ2) is 5.02. The largest absolute Gasteiger partial charge is 0.419 e. The monoisotopic (exact) mass is 308 g/mol. The minimum atomic E-state index is -4.71. The first-order chi connectivity index (χ1) is 8.77. The van der Waals surface area contributed by atoms with Crippen LogP contribution in [0.3, 0.4) is 0 Å². The molecule has 0 radical (unpaired) electrons. The second-order valence-electron chi connectivity index (χ2n) is 3.85. The lowest BCUT2D eigenvalue weighted by Gasteiger charge is -2.10. The van der Waals surface area contributed by atoms with Gasteiger partial charge in [-0.15, -0.1) is 0 Å². The Morgan fingerprint density at radius 2 is 1.37 bits per heavy atom. The molecule has 0 amide bonds. The number of hydrogen-bond donors (Lipinski definition) is 0. The van der Waals surface area contributed by atoms with Gasteiger partial charge in [0, 0.05) is 10.0 Å². The lowest BCUT2D eigenvalue weighted by molar-refractivity contribution is -0.139. The molecular weight excluding hydrogens is 303 g/mol. The Kier molecular flexibility index (Phi) is 3.74. The predicted octanol–water partition coefficient (Wildman–Crippen LogP) is 5.82. The molecule has 0 aliphatic carbocycles. The van der Waals surface area contributed by atoms with Crippen LogP contribution in [-0.2, 0) is 6.18 Å². The van der Waals surface area contributed by atoms with Crippen molar-refractivity contribution in [3.8, 4) is 11.1 Å². The van der Waals surface area contributed by atoms with Crippen molar-refractivity contribution in [2.75, 3.05) is 0 Å². The van der Waals surface area contributed by atoms with E-state index in [-0.39, 0.29) is 5.56 Å². The van der Waals surface area contributed by atoms with Gasteiger partial charge in [-0.3, -0.25) is 0 Å². The number of benzene rings is 2. The van der Waals surface area contributed by atoms with Crippen LogP contribution < -0.4 is 0 Å². The van der Waals surface area contributed by atoms with E-state index in [9.17, 15) is 17.6 Å². The lowest BCUT2D eigenvalue weighted by Crippen LogP contribution is -2.07. The fourth-order valence-electron chi connectivity index (χ4n) is 1.65. The number of hydrogen-bond acceptors (Lipinski definition) is 0. The van der Waals surface area contributed by atoms with Gasteiger partial charge in [-0.1, -0.05) is 29.3 Å². The number of halogens is 6. The van der Waals surface area contributed by atoms with Gasteiger partial charge in [0.1, 0.15) is 5.82 Å². The average molecular weight is 309 g/mol. The van der Waals surface area contributed by atoms with E-state index in [1.54, 1.807) is 0 Å². The molecule has 6 heteroatoms. The van der Waals surface area contributed by atoms with Crippen LogP contribution in [0, 0.1) is 5.82 Å². The summed E-state index contributed by atoms with van der Waals surface area (Å²) >= 11 is 11.6. The normalized spacial score (nSPS) is 11.7. The molecule has 19 heavy (non-hydrogen) atoms. The van der Waals surface area contributed by atoms with E-state index in [0.29, 0.717) is 21.7 Å². The zero-order chi connectivity index (χ0) is 14.2. The van der Waals surface area contributed by atoms with E-state index in [0.717, 1.165) is 6.07 Å². The lowest BCUT2D eigenvalue weighted by atomic mass is 10.0. The molecule has 0 aliphatic heterocycles. The molecule has 0 nitrogen and oxygen atoms in total. The summed E-state index contributed by atoms with van der Waals surface area (Å²) in [7, 11) is 0. The quantitative estimate of drug-likeness (QED) is 0.582. The SMILES string of the molecule is Fc1cc(-c2cc(Cl)cc(Cl)c2)ccc1C(F)(F)F. The van der Waals surface area contributed by atoms with Gasteiger partial charge < -0.3 is 0 Å². The molecule has 2 aromatic carbocycles. The van der Waals surface area contributed by atoms with Crippen molar-refractivity contribution in [1.82, 2.24) is 0 Å². The van der Waals surface area contributed by atoms with Crippen LogP contribution in [0.4, 0.5) is 17.6 Å². The molecule has 0 aliphatic rings. The maximum absolute atomic E-state index is 13.4. The molecule has 2 rings (SSSR count). The Labute approximate surface area is 116 Å². The highest BCUT2D eigenvalue weighted by Gasteiger charge is 2.33. The molecule has 0 bridgehead atoms. The summed E-state index contributed by atoms with van der Waals surface area (Å²) in [5.74, 6) is -1.33. The van der Waals surface area contributed by atoms with Crippen LogP contribution in [0.1, 0.15) is 5.56 Å². The minimum Gasteiger partial charge on any atom is -0.206 e. The first kappa shape index (κ1) is 14.2. The predicted molar refractivity (Wildman–Crippen MR) is 66.9 cm³/mol. The molecule has 0 heterocycles. The summed E-state index contributed by atoms with van der Waals surface area (Å²) < 4.78 is 50.7. The van der Waals surface area contributed by atoms with Crippen molar-refractivity contribution < 1.29 is 17.6 Å². The van der Waals surface area contributed by atoms with Gasteiger partial charge in [-0.05, 0) is 41.5 Å². The van der Waals surface area contributed by atoms with Crippen LogP contribution in [-0.4, -0.2) is 0 Å². The van der Waals surface area contributed by atoms with Crippen LogP contribution in [0.25, 0.3) is 11.1 Å². The molecule has 0 saturated carbocycles. The third-order valence-electron chi connectivity index (χ3n) is 2.47. The van der Waals surface area contributed by atoms with Crippen molar-refractivity contribution in [1.29, 1.82) is 0 Å². The highest BCUT2D eigenvalue weighted by atomic mass is 35.5. The van der Waals surface area contributed by atoms with Crippen LogP contribution in [0.5, 0.6) is 0 Å². The van der Waals surface area contributed by atoms with Gasteiger partial charge in [0.05, 0.1) is 5.56 Å². The number of alkyl halides is 3. The molecule has 0 aromatic heterocycles. The summed E-state index contributed by atoms with van der Waals surface area (Å²) in [6.45, 7) is 0. The Bertz CT molecular complexity index is 600. The Morgan fingerprint density at radius 1 is 0.789 bits per heavy atom. The van der Waals surface area contributed by atoms with E-state index in [2.05, 4.69) is 0 Å². The summed E-state index contributed by atoms with van der Waals surface area (Å²) in [5, 5.41) is 0.644. The molecule has 0 spiro atoms. The van der Waals surface area contributed by atoms with Gasteiger partial charge >= 0.3 is 6.18 Å². The van der Waals surface area contributed by atoms with E-state index in [1.807, 2.05) is 0 Å². The fraction of sp³-hybridized carbons (Fsp3) is 0.0769. The molecule has 0 fully saturated rings. The third kappa shape index (κ3) is 3.19. The molecule has 100 valence electrons. The smallest absolute Gasteiger partial charge is 0.206 e. The topological polar surface area (TPSA) is 0 Å². The molecule has 0 saturated heterocycles. The molecule has 0 atom stereocenters. The zero-order valence-electron chi connectivity index (χ0n) is 9.23. The van der Waals surface area contributed by atoms with Gasteiger partial charge in [0.25, 0.3) is 0 Å². The van der Waals surface area contributed by atoms with Gasteiger partial charge in [-0.25, -0.2) is 4.39 Å². The second-order valence-corrected chi connectivity index (χ2v) is 4.72. The van der Waals surface area contributed by atoms with Gasteiger partial charge in [0.2, 0.25) is 0 Å². The third-order valence-corrected chi connectivity index (χ3v) is 2.91. The number of rotatable bonds is 1. The van der Waals surface area contributed by atoms with Crippen molar-refractivity contribution >= 4 is 23.2 Å². The Balaban J connectivity index is 2.50. The summed E-state index contributed by atoms with van der Waals surface area (Å²) in [6.07, 6.45) is -4.71. The van der Waals surface area contributed by atoms with Crippen molar-refractivity contribution in [3.05, 3.63) is 57.8 Å². The van der Waals surface area contributed by atoms with Crippen molar-refractivity contribution in [2.24, 2.45) is 0 Å². The maximum atomic E-state index is 13.4. The molecule has 2 aromatic rings. The van der Waals surface area contributed by atoms with E-state index >= 15 is 0 Å². The summed E-state index contributed by atoms with van der Waals surface area (Å²) in [5.41, 5.74) is -0.579. The molecular formula is C13H6Cl2F4.